The van der Waals surface area contributed by atoms with Crippen molar-refractivity contribution in [2.45, 2.75) is 157 Å². The molecule has 22 nitrogen and oxygen atoms in total. The molecule has 0 aliphatic carbocycles. The Morgan fingerprint density at radius 2 is 1.13 bits per heavy atom. The predicted molar refractivity (Wildman–Crippen MR) is 368 cm³/mol. The quantitative estimate of drug-likeness (QED) is 0.0332. The van der Waals surface area contributed by atoms with Gasteiger partial charge in [0.05, 0.1) is 45.9 Å². The van der Waals surface area contributed by atoms with Crippen LogP contribution in [0.15, 0.2) is 159 Å². The molecular formula is C71H89N7O15S2. The van der Waals surface area contributed by atoms with E-state index in [1.54, 1.807) is 90.9 Å². The van der Waals surface area contributed by atoms with E-state index in [1.165, 1.54) is 89.3 Å². The topological polar surface area (TPSA) is 299 Å². The zero-order valence-corrected chi connectivity index (χ0v) is 58.5. The molecule has 1 aromatic heterocycles. The smallest absolute Gasteiger partial charge is 0.353 e. The minimum atomic E-state index is -3.94. The van der Waals surface area contributed by atoms with Gasteiger partial charge in [0.15, 0.2) is 23.4 Å². The predicted octanol–water partition coefficient (Wildman–Crippen LogP) is 12.5. The van der Waals surface area contributed by atoms with Crippen LogP contribution in [0.1, 0.15) is 134 Å². The fourth-order valence-electron chi connectivity index (χ4n) is 10.3. The summed E-state index contributed by atoms with van der Waals surface area (Å²) in [6.07, 6.45) is 2.26. The summed E-state index contributed by atoms with van der Waals surface area (Å²) in [4.78, 5) is 95.4. The van der Waals surface area contributed by atoms with E-state index >= 15 is 0 Å². The third-order valence-electron chi connectivity index (χ3n) is 15.2. The Morgan fingerprint density at radius 1 is 0.600 bits per heavy atom. The summed E-state index contributed by atoms with van der Waals surface area (Å²) in [7, 11) is -6.21. The van der Waals surface area contributed by atoms with Crippen LogP contribution in [0, 0.1) is 22.2 Å². The molecule has 0 radical (unpaired) electrons. The van der Waals surface area contributed by atoms with Crippen LogP contribution in [0.4, 0.5) is 22.7 Å². The van der Waals surface area contributed by atoms with Gasteiger partial charge in [-0.2, -0.15) is 4.68 Å². The molecule has 6 aromatic carbocycles. The number of carbonyl (C=O) groups excluding carboxylic acids is 5. The maximum absolute atomic E-state index is 13.9. The first-order valence-corrected chi connectivity index (χ1v) is 34.5. The highest BCUT2D eigenvalue weighted by molar-refractivity contribution is 7.92. The average Bonchev–Trinajstić information content (AvgIpc) is 1.62. The molecule has 0 aliphatic rings. The van der Waals surface area contributed by atoms with Crippen molar-refractivity contribution in [3.05, 3.63) is 166 Å². The number of ether oxygens (including phenoxy) is 3. The number of sulfonamides is 1. The summed E-state index contributed by atoms with van der Waals surface area (Å²) in [5.41, 5.74) is -1.35. The summed E-state index contributed by atoms with van der Waals surface area (Å²) in [5.74, 6) is -2.50. The number of aromatic hydroxyl groups is 1. The lowest BCUT2D eigenvalue weighted by Crippen LogP contribution is -2.46. The minimum Gasteiger partial charge on any atom is -0.508 e. The number of unbranched alkanes of at least 4 members (excludes halogenated alkanes) is 1. The van der Waals surface area contributed by atoms with Crippen molar-refractivity contribution in [3.8, 4) is 34.4 Å². The van der Waals surface area contributed by atoms with Crippen molar-refractivity contribution in [2.75, 3.05) is 34.0 Å². The first-order chi connectivity index (χ1) is 44.2. The molecule has 24 heteroatoms. The van der Waals surface area contributed by atoms with E-state index in [1.807, 2.05) is 38.1 Å². The second-order valence-electron chi connectivity index (χ2n) is 27.2. The average molecular weight is 1340 g/mol. The third-order valence-corrected chi connectivity index (χ3v) is 17.6. The van der Waals surface area contributed by atoms with Gasteiger partial charge in [0, 0.05) is 29.0 Å². The Morgan fingerprint density at radius 3 is 1.66 bits per heavy atom. The summed E-state index contributed by atoms with van der Waals surface area (Å²) in [5, 5.41) is 17.7. The Labute approximate surface area is 556 Å². The first-order valence-electron chi connectivity index (χ1n) is 31.1. The zero-order valence-electron chi connectivity index (χ0n) is 56.9. The normalized spacial score (nSPS) is 13.0. The number of nitrogens with one attached hydrogen (secondary N) is 4. The highest BCUT2D eigenvalue weighted by atomic mass is 32.2. The molecule has 0 bridgehead atoms. The van der Waals surface area contributed by atoms with Gasteiger partial charge in [-0.15, -0.1) is 0 Å². The fourth-order valence-corrected chi connectivity index (χ4v) is 12.1. The number of Topliss-reactive ketones (excluding diaryl/α,β-unsaturated/α-hetero) is 2. The number of rotatable bonds is 25. The van der Waals surface area contributed by atoms with Gasteiger partial charge in [-0.05, 0) is 145 Å². The Balaban J connectivity index is 0.000000309. The first kappa shape index (κ1) is 74.7. The van der Waals surface area contributed by atoms with E-state index in [9.17, 15) is 55.5 Å². The lowest BCUT2D eigenvalue weighted by molar-refractivity contribution is -0.140. The molecule has 3 amide bonds. The fraction of sp³-hybridized carbons (Fsp3) is 0.394. The molecule has 0 saturated carbocycles. The van der Waals surface area contributed by atoms with E-state index in [0.717, 1.165) is 29.2 Å². The van der Waals surface area contributed by atoms with Gasteiger partial charge in [0.2, 0.25) is 31.9 Å². The maximum atomic E-state index is 13.9. The number of ketones is 2. The molecule has 7 aromatic rings. The SMILES string of the molecule is CC(C)(C)CC(C)(C)c1ccc(Oc2ccc(NS(C)(=O)=O)cc2NC(=O)C(Oc2ccc(S(=O)(=O)c3ccc(O)cc3)cc2)C(=O)C(C)(C)C)cc1.CCCCn1c(=O)n(C(C(=O)Nc2cc(NC(=O)C(C)CC)ccc2OC)C(=O)C(C)(C)C)c(=O)n1-c1ccccc1. The number of amides is 3. The zero-order chi connectivity index (χ0) is 70.8. The van der Waals surface area contributed by atoms with E-state index in [4.69, 9.17) is 14.2 Å². The van der Waals surface area contributed by atoms with Crippen molar-refractivity contribution >= 4 is 71.9 Å². The van der Waals surface area contributed by atoms with Gasteiger partial charge >= 0.3 is 11.4 Å². The highest BCUT2D eigenvalue weighted by Gasteiger charge is 2.41. The van der Waals surface area contributed by atoms with E-state index in [-0.39, 0.29) is 79.1 Å². The van der Waals surface area contributed by atoms with Crippen molar-refractivity contribution in [1.82, 2.24) is 13.9 Å². The largest absolute Gasteiger partial charge is 0.508 e. The van der Waals surface area contributed by atoms with E-state index in [2.05, 4.69) is 55.3 Å². The lowest BCUT2D eigenvalue weighted by Gasteiger charge is -2.33. The number of nitrogens with zero attached hydrogens (tertiary/aromatic N) is 3. The molecule has 5 N–H and O–H groups in total. The van der Waals surface area contributed by atoms with Crippen LogP contribution >= 0.6 is 0 Å². The number of hydrogen-bond acceptors (Lipinski definition) is 15. The number of methoxy groups -OCH3 is 1. The molecule has 0 saturated heterocycles. The molecule has 3 atom stereocenters. The molecule has 95 heavy (non-hydrogen) atoms. The van der Waals surface area contributed by atoms with Crippen LogP contribution in [0.2, 0.25) is 0 Å². The number of hydrogen-bond donors (Lipinski definition) is 5. The van der Waals surface area contributed by atoms with Crippen LogP contribution in [-0.4, -0.2) is 84.6 Å². The van der Waals surface area contributed by atoms with Crippen LogP contribution in [0.25, 0.3) is 5.69 Å². The lowest BCUT2D eigenvalue weighted by atomic mass is 9.72. The number of aromatic nitrogens is 3. The summed E-state index contributed by atoms with van der Waals surface area (Å²) in [6, 6.07) is 33.8. The molecule has 7 rings (SSSR count). The number of benzene rings is 6. The third kappa shape index (κ3) is 19.7. The van der Waals surface area contributed by atoms with Gasteiger partial charge in [-0.25, -0.2) is 35.7 Å². The van der Waals surface area contributed by atoms with Crippen molar-refractivity contribution < 1.29 is 60.1 Å². The Bertz CT molecular complexity index is 4250. The van der Waals surface area contributed by atoms with Gasteiger partial charge in [0.25, 0.3) is 11.8 Å². The minimum absolute atomic E-state index is 0.0323. The van der Waals surface area contributed by atoms with Gasteiger partial charge in [-0.1, -0.05) is 134 Å². The molecule has 0 fully saturated rings. The van der Waals surface area contributed by atoms with Crippen LogP contribution in [-0.2, 0) is 55.8 Å². The molecule has 0 spiro atoms. The number of carbonyl (C=O) groups is 5. The molecule has 3 unspecified atom stereocenters. The Hall–Kier alpha value is -9.29. The van der Waals surface area contributed by atoms with Gasteiger partial charge < -0.3 is 35.3 Å². The van der Waals surface area contributed by atoms with Crippen molar-refractivity contribution in [2.24, 2.45) is 22.2 Å². The van der Waals surface area contributed by atoms with Gasteiger partial charge in [0.1, 0.15) is 23.0 Å². The van der Waals surface area contributed by atoms with Crippen LogP contribution in [0.5, 0.6) is 28.7 Å². The van der Waals surface area contributed by atoms with Gasteiger partial charge in [-0.3, -0.25) is 28.7 Å². The maximum Gasteiger partial charge on any atom is 0.353 e. The molecule has 510 valence electrons. The summed E-state index contributed by atoms with van der Waals surface area (Å²) >= 11 is 0. The van der Waals surface area contributed by atoms with Crippen molar-refractivity contribution in [3.63, 3.8) is 0 Å². The molecular weight excluding hydrogens is 1250 g/mol. The summed E-state index contributed by atoms with van der Waals surface area (Å²) < 4.78 is 73.5. The van der Waals surface area contributed by atoms with E-state index < -0.39 is 77.6 Å². The monoisotopic (exact) mass is 1340 g/mol. The second kappa shape index (κ2) is 30.4. The number of para-hydroxylation sites is 1. The Kier molecular flexibility index (Phi) is 23.9. The second-order valence-corrected chi connectivity index (χ2v) is 30.9. The standard InChI is InChI=1S/C40H48N2O9S2.C31H41N5O6/c1-38(2,3)25-40(7,8)26-10-15-29(16-11-26)50-34-23-12-27(42-52(9,46)47)24-33(34)41-37(45)35(36(44)39(4,5)6)51-30-17-21-32(22-18-30)53(48,49)31-19-13-28(43)14-20-31;1-8-10-18-34-29(40)35(30(41)36(34)22-14-12-11-13-15-22)25(26(37)31(4,5)6)28(39)33-23-19-21(16-17-24(23)42-7)32-27(38)20(3)9-2/h10-24,35,42-43H,25H2,1-9H3,(H,41,45);11-17,19-20,25H,8-10,18H2,1-7H3,(H,32,38)(H,33,39). The number of sulfone groups is 1. The number of phenolic OH excluding ortho intramolecular Hbond substituents is 1. The highest BCUT2D eigenvalue weighted by Crippen LogP contribution is 2.39. The van der Waals surface area contributed by atoms with Crippen LogP contribution in [0.3, 0.4) is 0 Å². The van der Waals surface area contributed by atoms with Crippen molar-refractivity contribution in [1.29, 1.82) is 0 Å². The molecule has 1 heterocycles. The number of anilines is 4. The summed E-state index contributed by atoms with van der Waals surface area (Å²) in [6.45, 7) is 26.6. The number of phenols is 1. The molecule has 0 aliphatic heterocycles. The van der Waals surface area contributed by atoms with Crippen LogP contribution < -0.4 is 46.3 Å². The van der Waals surface area contributed by atoms with E-state index in [0.29, 0.717) is 30.0 Å².